The number of nitrogens with one attached hydrogen (secondary N) is 2. The fourth-order valence-electron chi connectivity index (χ4n) is 5.48. The Bertz CT molecular complexity index is 1090. The third-order valence-electron chi connectivity index (χ3n) is 7.47. The van der Waals surface area contributed by atoms with Crippen molar-refractivity contribution < 1.29 is 23.9 Å². The monoisotopic (exact) mass is 508 g/mol. The molecular weight excluding hydrogens is 468 g/mol. The highest BCUT2D eigenvalue weighted by atomic mass is 16.7. The van der Waals surface area contributed by atoms with Crippen LogP contribution in [-0.4, -0.2) is 49.2 Å². The predicted octanol–water partition coefficient (Wildman–Crippen LogP) is 4.17. The van der Waals surface area contributed by atoms with Crippen LogP contribution in [0.15, 0.2) is 42.5 Å². The average molecular weight is 509 g/mol. The molecule has 7 heteroatoms. The Morgan fingerprint density at radius 3 is 2.41 bits per heavy atom. The van der Waals surface area contributed by atoms with Crippen molar-refractivity contribution in [2.75, 3.05) is 13.2 Å². The minimum Gasteiger partial charge on any atom is -0.348 e. The number of fused-ring (bicyclic) bond motifs is 1. The normalized spacial score (nSPS) is 20.8. The number of ether oxygens (including phenoxy) is 2. The number of carbonyl (C=O) groups is 3. The summed E-state index contributed by atoms with van der Waals surface area (Å²) in [5.74, 6) is -0.345. The summed E-state index contributed by atoms with van der Waals surface area (Å²) in [4.78, 5) is 39.0. The lowest BCUT2D eigenvalue weighted by Crippen LogP contribution is -2.54. The van der Waals surface area contributed by atoms with Crippen LogP contribution < -0.4 is 10.6 Å². The van der Waals surface area contributed by atoms with Crippen LogP contribution in [0, 0.1) is 17.8 Å². The van der Waals surface area contributed by atoms with E-state index in [9.17, 15) is 14.4 Å². The lowest BCUT2D eigenvalue weighted by Gasteiger charge is -2.29. The number of ketones is 1. The average Bonchev–Trinajstić information content (AvgIpc) is 3.55. The molecule has 1 unspecified atom stereocenters. The van der Waals surface area contributed by atoms with Gasteiger partial charge in [-0.2, -0.15) is 0 Å². The van der Waals surface area contributed by atoms with Crippen molar-refractivity contribution in [3.8, 4) is 0 Å². The summed E-state index contributed by atoms with van der Waals surface area (Å²) >= 11 is 0. The number of hydrogen-bond acceptors (Lipinski definition) is 5. The molecule has 0 radical (unpaired) electrons. The molecule has 0 spiro atoms. The summed E-state index contributed by atoms with van der Waals surface area (Å²) in [6.45, 7) is 6.89. The summed E-state index contributed by atoms with van der Waals surface area (Å²) in [6.07, 6.45) is 3.33. The number of Topliss-reactive ketones (excluding diaryl/α,β-unsaturated/α-hetero) is 1. The van der Waals surface area contributed by atoms with Crippen molar-refractivity contribution in [1.82, 2.24) is 10.6 Å². The number of amides is 2. The number of rotatable bonds is 11. The van der Waals surface area contributed by atoms with Gasteiger partial charge in [0.25, 0.3) is 0 Å². The van der Waals surface area contributed by atoms with Crippen LogP contribution in [0.4, 0.5) is 0 Å². The van der Waals surface area contributed by atoms with Crippen LogP contribution >= 0.6 is 0 Å². The molecule has 1 aliphatic heterocycles. The van der Waals surface area contributed by atoms with Crippen LogP contribution in [0.1, 0.15) is 58.4 Å². The Labute approximate surface area is 219 Å². The zero-order valence-corrected chi connectivity index (χ0v) is 22.2. The minimum atomic E-state index is -0.675. The Morgan fingerprint density at radius 2 is 1.70 bits per heavy atom. The van der Waals surface area contributed by atoms with Gasteiger partial charge in [-0.05, 0) is 54.4 Å². The Kier molecular flexibility index (Phi) is 9.33. The quantitative estimate of drug-likeness (QED) is 0.475. The van der Waals surface area contributed by atoms with E-state index in [1.54, 1.807) is 0 Å². The molecule has 200 valence electrons. The van der Waals surface area contributed by atoms with Crippen LogP contribution in [0.25, 0.3) is 10.8 Å². The van der Waals surface area contributed by atoms with Crippen molar-refractivity contribution in [3.05, 3.63) is 48.0 Å². The van der Waals surface area contributed by atoms with Gasteiger partial charge in [0, 0.05) is 18.3 Å². The number of carbonyl (C=O) groups excluding carboxylic acids is 3. The van der Waals surface area contributed by atoms with Gasteiger partial charge in [0.15, 0.2) is 6.29 Å². The lowest BCUT2D eigenvalue weighted by molar-refractivity contribution is -0.134. The molecule has 4 atom stereocenters. The van der Waals surface area contributed by atoms with E-state index in [4.69, 9.17) is 9.47 Å². The molecule has 1 saturated heterocycles. The molecule has 4 rings (SSSR count). The van der Waals surface area contributed by atoms with Crippen LogP contribution in [0.5, 0.6) is 0 Å². The fourth-order valence-corrected chi connectivity index (χ4v) is 5.48. The van der Waals surface area contributed by atoms with Gasteiger partial charge < -0.3 is 20.1 Å². The van der Waals surface area contributed by atoms with Crippen LogP contribution in [-0.2, 0) is 30.3 Å². The first-order chi connectivity index (χ1) is 17.8. The van der Waals surface area contributed by atoms with Gasteiger partial charge >= 0.3 is 0 Å². The Hall–Kier alpha value is -2.77. The van der Waals surface area contributed by atoms with Crippen molar-refractivity contribution in [2.45, 2.75) is 77.7 Å². The molecule has 2 aliphatic rings. The maximum Gasteiger partial charge on any atom is 0.242 e. The zero-order chi connectivity index (χ0) is 26.4. The smallest absolute Gasteiger partial charge is 0.242 e. The van der Waals surface area contributed by atoms with Gasteiger partial charge in [0.1, 0.15) is 11.8 Å². The van der Waals surface area contributed by atoms with Crippen LogP contribution in [0.3, 0.4) is 0 Å². The summed E-state index contributed by atoms with van der Waals surface area (Å²) in [5.41, 5.74) is 1.11. The number of benzene rings is 2. The van der Waals surface area contributed by atoms with E-state index in [2.05, 4.69) is 34.9 Å². The Balaban J connectivity index is 1.42. The molecule has 1 aliphatic carbocycles. The molecule has 2 aromatic carbocycles. The third-order valence-corrected chi connectivity index (χ3v) is 7.47. The lowest BCUT2D eigenvalue weighted by atomic mass is 9.94. The highest BCUT2D eigenvalue weighted by Gasteiger charge is 2.36. The second-order valence-corrected chi connectivity index (χ2v) is 11.0. The van der Waals surface area contributed by atoms with Crippen molar-refractivity contribution in [2.24, 2.45) is 17.8 Å². The minimum absolute atomic E-state index is 0.0862. The van der Waals surface area contributed by atoms with Crippen LogP contribution in [0.2, 0.25) is 0 Å². The Morgan fingerprint density at radius 1 is 0.973 bits per heavy atom. The first kappa shape index (κ1) is 27.3. The molecule has 0 aromatic heterocycles. The highest BCUT2D eigenvalue weighted by Crippen LogP contribution is 2.28. The molecule has 1 saturated carbocycles. The maximum absolute atomic E-state index is 13.5. The maximum atomic E-state index is 13.5. The molecule has 1 heterocycles. The van der Waals surface area contributed by atoms with Crippen molar-refractivity contribution in [3.63, 3.8) is 0 Å². The fraction of sp³-hybridized carbons (Fsp3) is 0.567. The second kappa shape index (κ2) is 12.7. The molecule has 2 fully saturated rings. The molecule has 37 heavy (non-hydrogen) atoms. The van der Waals surface area contributed by atoms with Gasteiger partial charge in [-0.25, -0.2) is 0 Å². The highest BCUT2D eigenvalue weighted by molar-refractivity contribution is 5.90. The van der Waals surface area contributed by atoms with E-state index in [1.807, 2.05) is 39.0 Å². The molecule has 7 nitrogen and oxygen atoms in total. The van der Waals surface area contributed by atoms with E-state index in [-0.39, 0.29) is 35.4 Å². The van der Waals surface area contributed by atoms with Crippen molar-refractivity contribution in [1.29, 1.82) is 0 Å². The first-order valence-corrected chi connectivity index (χ1v) is 13.6. The number of hydrogen-bond donors (Lipinski definition) is 2. The summed E-state index contributed by atoms with van der Waals surface area (Å²) in [5, 5.41) is 8.38. The first-order valence-electron chi connectivity index (χ1n) is 13.6. The van der Waals surface area contributed by atoms with E-state index >= 15 is 0 Å². The van der Waals surface area contributed by atoms with E-state index < -0.39 is 18.4 Å². The zero-order valence-electron chi connectivity index (χ0n) is 22.2. The van der Waals surface area contributed by atoms with E-state index in [1.165, 1.54) is 0 Å². The summed E-state index contributed by atoms with van der Waals surface area (Å²) in [7, 11) is 0. The summed E-state index contributed by atoms with van der Waals surface area (Å²) < 4.78 is 11.4. The SMILES string of the molecule is CC(C)CC(NC(=O)[C@@H](C)Cc1cccc2ccccc12)C(=O)N[C@@H](C[C@@H]1CCCC1=O)C1OCCO1. The molecule has 2 aromatic rings. The standard InChI is InChI=1S/C30H40N2O5/c1-19(2)16-25(29(35)32-26(30-36-14-15-37-30)18-23-11-7-13-27(23)33)31-28(34)20(3)17-22-10-6-9-21-8-4-5-12-24(21)22/h4-6,8-10,12,19-20,23,25-26,30H,7,11,13-18H2,1-3H3,(H,31,34)(H,32,35)/t20-,23-,25?,26-/m0/s1. The molecule has 2 amide bonds. The van der Waals surface area contributed by atoms with Gasteiger partial charge in [0.2, 0.25) is 11.8 Å². The topological polar surface area (TPSA) is 93.7 Å². The molecule has 0 bridgehead atoms. The second-order valence-electron chi connectivity index (χ2n) is 11.0. The van der Waals surface area contributed by atoms with E-state index in [0.29, 0.717) is 38.9 Å². The predicted molar refractivity (Wildman–Crippen MR) is 143 cm³/mol. The van der Waals surface area contributed by atoms with Crippen molar-refractivity contribution >= 4 is 28.4 Å². The van der Waals surface area contributed by atoms with Gasteiger partial charge in [-0.3, -0.25) is 14.4 Å². The third kappa shape index (κ3) is 7.17. The van der Waals surface area contributed by atoms with Gasteiger partial charge in [0.05, 0.1) is 19.3 Å². The summed E-state index contributed by atoms with van der Waals surface area (Å²) in [6, 6.07) is 13.2. The largest absolute Gasteiger partial charge is 0.348 e. The van der Waals surface area contributed by atoms with Gasteiger partial charge in [-0.15, -0.1) is 0 Å². The molecular formula is C30H40N2O5. The molecule has 2 N–H and O–H groups in total. The van der Waals surface area contributed by atoms with E-state index in [0.717, 1.165) is 29.2 Å². The van der Waals surface area contributed by atoms with Gasteiger partial charge in [-0.1, -0.05) is 63.2 Å².